The maximum atomic E-state index is 5.35. The zero-order chi connectivity index (χ0) is 13.8. The Labute approximate surface area is 119 Å². The summed E-state index contributed by atoms with van der Waals surface area (Å²) in [7, 11) is 2.05. The van der Waals surface area contributed by atoms with Crippen molar-refractivity contribution in [3.05, 3.63) is 42.4 Å². The van der Waals surface area contributed by atoms with Gasteiger partial charge < -0.3 is 19.5 Å². The van der Waals surface area contributed by atoms with Crippen LogP contribution in [-0.4, -0.2) is 35.9 Å². The van der Waals surface area contributed by atoms with E-state index < -0.39 is 0 Å². The summed E-state index contributed by atoms with van der Waals surface area (Å²) in [4.78, 5) is 6.78. The number of hydrogen-bond donors (Lipinski definition) is 1. The summed E-state index contributed by atoms with van der Waals surface area (Å²) in [5, 5.41) is 3.39. The predicted molar refractivity (Wildman–Crippen MR) is 80.0 cm³/mol. The summed E-state index contributed by atoms with van der Waals surface area (Å²) in [6.45, 7) is 4.22. The smallest absolute Gasteiger partial charge is 0.128 e. The van der Waals surface area contributed by atoms with Gasteiger partial charge >= 0.3 is 0 Å². The number of hydrogen-bond acceptors (Lipinski definition) is 4. The van der Waals surface area contributed by atoms with Crippen LogP contribution in [-0.2, 0) is 18.3 Å². The van der Waals surface area contributed by atoms with E-state index in [9.17, 15) is 0 Å². The normalized spacial score (nSPS) is 15.3. The van der Waals surface area contributed by atoms with Gasteiger partial charge in [0.1, 0.15) is 5.82 Å². The van der Waals surface area contributed by atoms with Crippen molar-refractivity contribution in [3.8, 4) is 0 Å². The molecule has 0 aromatic carbocycles. The first-order chi connectivity index (χ1) is 9.83. The molecule has 1 fully saturated rings. The second kappa shape index (κ2) is 5.96. The van der Waals surface area contributed by atoms with Crippen LogP contribution in [0.1, 0.15) is 5.69 Å². The van der Waals surface area contributed by atoms with E-state index in [1.165, 1.54) is 5.69 Å². The number of rotatable bonds is 4. The van der Waals surface area contributed by atoms with Crippen molar-refractivity contribution in [1.82, 2.24) is 9.55 Å². The standard InChI is InChI=1S/C15H20N4O/c1-18-6-2-3-14(18)12-16-13-4-5-15(17-11-13)19-7-9-20-10-8-19/h2-6,11,16H,7-10,12H2,1H3. The molecule has 0 saturated carbocycles. The molecule has 1 saturated heterocycles. The van der Waals surface area contributed by atoms with Gasteiger partial charge in [-0.15, -0.1) is 0 Å². The average Bonchev–Trinajstić information content (AvgIpc) is 2.92. The van der Waals surface area contributed by atoms with Gasteiger partial charge in [-0.1, -0.05) is 0 Å². The number of aromatic nitrogens is 2. The third-order valence-corrected chi connectivity index (χ3v) is 3.61. The lowest BCUT2D eigenvalue weighted by Crippen LogP contribution is -2.36. The SMILES string of the molecule is Cn1cccc1CNc1ccc(N2CCOCC2)nc1. The van der Waals surface area contributed by atoms with Crippen molar-refractivity contribution in [2.24, 2.45) is 7.05 Å². The lowest BCUT2D eigenvalue weighted by molar-refractivity contribution is 0.122. The van der Waals surface area contributed by atoms with E-state index in [0.29, 0.717) is 0 Å². The molecule has 0 unspecified atom stereocenters. The minimum Gasteiger partial charge on any atom is -0.378 e. The molecule has 3 heterocycles. The first-order valence-corrected chi connectivity index (χ1v) is 6.96. The average molecular weight is 272 g/mol. The quantitative estimate of drug-likeness (QED) is 0.922. The van der Waals surface area contributed by atoms with Gasteiger partial charge in [-0.2, -0.15) is 0 Å². The molecule has 0 bridgehead atoms. The van der Waals surface area contributed by atoms with Gasteiger partial charge in [-0.05, 0) is 24.3 Å². The highest BCUT2D eigenvalue weighted by Crippen LogP contribution is 2.16. The van der Waals surface area contributed by atoms with E-state index in [1.54, 1.807) is 0 Å². The third kappa shape index (κ3) is 2.93. The molecule has 0 aliphatic carbocycles. The van der Waals surface area contributed by atoms with Crippen LogP contribution in [0.5, 0.6) is 0 Å². The summed E-state index contributed by atoms with van der Waals surface area (Å²) in [5.41, 5.74) is 2.30. The highest BCUT2D eigenvalue weighted by Gasteiger charge is 2.11. The first-order valence-electron chi connectivity index (χ1n) is 6.96. The Balaban J connectivity index is 1.59. The van der Waals surface area contributed by atoms with Crippen LogP contribution in [0, 0.1) is 0 Å². The Bertz CT molecular complexity index is 543. The minimum atomic E-state index is 0.787. The second-order valence-corrected chi connectivity index (χ2v) is 4.97. The Kier molecular flexibility index (Phi) is 3.87. The number of anilines is 2. The molecule has 106 valence electrons. The molecule has 1 aliphatic rings. The number of nitrogens with one attached hydrogen (secondary N) is 1. The van der Waals surface area contributed by atoms with Crippen molar-refractivity contribution < 1.29 is 4.74 Å². The Morgan fingerprint density at radius 3 is 2.75 bits per heavy atom. The van der Waals surface area contributed by atoms with Gasteiger partial charge in [0, 0.05) is 32.0 Å². The number of nitrogens with zero attached hydrogens (tertiary/aromatic N) is 3. The molecule has 2 aromatic heterocycles. The molecule has 1 aliphatic heterocycles. The van der Waals surface area contributed by atoms with E-state index >= 15 is 0 Å². The largest absolute Gasteiger partial charge is 0.378 e. The summed E-state index contributed by atoms with van der Waals surface area (Å²) >= 11 is 0. The van der Waals surface area contributed by atoms with Crippen LogP contribution < -0.4 is 10.2 Å². The molecule has 0 spiro atoms. The number of ether oxygens (including phenoxy) is 1. The van der Waals surface area contributed by atoms with Gasteiger partial charge in [0.15, 0.2) is 0 Å². The molecule has 5 nitrogen and oxygen atoms in total. The summed E-state index contributed by atoms with van der Waals surface area (Å²) in [5.74, 6) is 1.03. The Morgan fingerprint density at radius 1 is 1.25 bits per heavy atom. The lowest BCUT2D eigenvalue weighted by Gasteiger charge is -2.27. The topological polar surface area (TPSA) is 42.3 Å². The van der Waals surface area contributed by atoms with Crippen molar-refractivity contribution in [3.63, 3.8) is 0 Å². The van der Waals surface area contributed by atoms with Gasteiger partial charge in [0.05, 0.1) is 31.6 Å². The minimum absolute atomic E-state index is 0.787. The van der Waals surface area contributed by atoms with Gasteiger partial charge in [-0.3, -0.25) is 0 Å². The summed E-state index contributed by atoms with van der Waals surface area (Å²) in [6.07, 6.45) is 3.95. The number of pyridine rings is 1. The van der Waals surface area contributed by atoms with Crippen LogP contribution in [0.25, 0.3) is 0 Å². The molecule has 0 atom stereocenters. The molecular formula is C15H20N4O. The zero-order valence-corrected chi connectivity index (χ0v) is 11.7. The lowest BCUT2D eigenvalue weighted by atomic mass is 10.3. The van der Waals surface area contributed by atoms with E-state index in [2.05, 4.69) is 57.3 Å². The Morgan fingerprint density at radius 2 is 2.10 bits per heavy atom. The number of morpholine rings is 1. The van der Waals surface area contributed by atoms with Gasteiger partial charge in [0.2, 0.25) is 0 Å². The molecule has 3 rings (SSSR count). The van der Waals surface area contributed by atoms with Crippen molar-refractivity contribution in [2.45, 2.75) is 6.54 Å². The predicted octanol–water partition coefficient (Wildman–Crippen LogP) is 1.87. The molecule has 2 aromatic rings. The third-order valence-electron chi connectivity index (χ3n) is 3.61. The number of aryl methyl sites for hydroxylation is 1. The molecule has 20 heavy (non-hydrogen) atoms. The van der Waals surface area contributed by atoms with E-state index in [-0.39, 0.29) is 0 Å². The van der Waals surface area contributed by atoms with E-state index in [0.717, 1.165) is 44.4 Å². The van der Waals surface area contributed by atoms with Crippen LogP contribution in [0.2, 0.25) is 0 Å². The van der Waals surface area contributed by atoms with Crippen LogP contribution in [0.4, 0.5) is 11.5 Å². The Hall–Kier alpha value is -2.01. The van der Waals surface area contributed by atoms with Crippen LogP contribution >= 0.6 is 0 Å². The second-order valence-electron chi connectivity index (χ2n) is 4.97. The van der Waals surface area contributed by atoms with Crippen molar-refractivity contribution in [2.75, 3.05) is 36.5 Å². The van der Waals surface area contributed by atoms with Crippen molar-refractivity contribution >= 4 is 11.5 Å². The van der Waals surface area contributed by atoms with E-state index in [1.807, 2.05) is 6.20 Å². The molecule has 0 radical (unpaired) electrons. The fraction of sp³-hybridized carbons (Fsp3) is 0.400. The van der Waals surface area contributed by atoms with Crippen LogP contribution in [0.3, 0.4) is 0 Å². The molecular weight excluding hydrogens is 252 g/mol. The maximum Gasteiger partial charge on any atom is 0.128 e. The zero-order valence-electron chi connectivity index (χ0n) is 11.7. The summed E-state index contributed by atoms with van der Waals surface area (Å²) < 4.78 is 7.47. The molecule has 1 N–H and O–H groups in total. The summed E-state index contributed by atoms with van der Waals surface area (Å²) in [6, 6.07) is 8.32. The fourth-order valence-corrected chi connectivity index (χ4v) is 2.34. The van der Waals surface area contributed by atoms with Crippen molar-refractivity contribution in [1.29, 1.82) is 0 Å². The molecule has 5 heteroatoms. The van der Waals surface area contributed by atoms with Gasteiger partial charge in [-0.25, -0.2) is 4.98 Å². The first kappa shape index (κ1) is 13.0. The van der Waals surface area contributed by atoms with E-state index in [4.69, 9.17) is 4.74 Å². The fourth-order valence-electron chi connectivity index (χ4n) is 2.34. The molecule has 0 amide bonds. The van der Waals surface area contributed by atoms with Crippen LogP contribution in [0.15, 0.2) is 36.7 Å². The highest BCUT2D eigenvalue weighted by molar-refractivity contribution is 5.48. The van der Waals surface area contributed by atoms with Gasteiger partial charge in [0.25, 0.3) is 0 Å². The monoisotopic (exact) mass is 272 g/mol. The highest BCUT2D eigenvalue weighted by atomic mass is 16.5. The maximum absolute atomic E-state index is 5.35.